The van der Waals surface area contributed by atoms with Crippen molar-refractivity contribution in [2.75, 3.05) is 18.5 Å². The zero-order valence-electron chi connectivity index (χ0n) is 10.9. The fourth-order valence-electron chi connectivity index (χ4n) is 1.51. The molecule has 0 atom stereocenters. The minimum absolute atomic E-state index is 0.364. The van der Waals surface area contributed by atoms with Crippen LogP contribution in [0.1, 0.15) is 19.7 Å². The first kappa shape index (κ1) is 14.3. The summed E-state index contributed by atoms with van der Waals surface area (Å²) in [5.41, 5.74) is 0.559. The Kier molecular flexibility index (Phi) is 4.94. The van der Waals surface area contributed by atoms with Crippen molar-refractivity contribution < 1.29 is 8.78 Å². The van der Waals surface area contributed by atoms with Crippen LogP contribution in [0.25, 0.3) is 11.0 Å². The van der Waals surface area contributed by atoms with E-state index in [1.54, 1.807) is 14.0 Å². The molecule has 0 saturated heterocycles. The van der Waals surface area contributed by atoms with Crippen LogP contribution in [0.4, 0.5) is 14.6 Å². The molecule has 2 rings (SSSR count). The first-order valence-corrected chi connectivity index (χ1v) is 5.75. The van der Waals surface area contributed by atoms with E-state index in [2.05, 4.69) is 20.2 Å². The lowest BCUT2D eigenvalue weighted by Gasteiger charge is -2.18. The summed E-state index contributed by atoms with van der Waals surface area (Å²) >= 11 is 0. The molecule has 0 aromatic carbocycles. The Morgan fingerprint density at radius 1 is 1.33 bits per heavy atom. The van der Waals surface area contributed by atoms with Gasteiger partial charge in [-0.05, 0) is 6.92 Å². The molecule has 18 heavy (non-hydrogen) atoms. The fourth-order valence-corrected chi connectivity index (χ4v) is 1.51. The van der Waals surface area contributed by atoms with Crippen LogP contribution >= 0.6 is 0 Å². The first-order chi connectivity index (χ1) is 8.58. The topological polar surface area (TPSA) is 57.7 Å². The van der Waals surface area contributed by atoms with Crippen LogP contribution in [0, 0.1) is 6.92 Å². The number of halogens is 2. The van der Waals surface area contributed by atoms with E-state index in [1.165, 1.54) is 11.1 Å². The van der Waals surface area contributed by atoms with E-state index in [1.807, 2.05) is 13.8 Å². The van der Waals surface area contributed by atoms with E-state index in [9.17, 15) is 8.78 Å². The molecule has 100 valence electrons. The Labute approximate surface area is 104 Å². The van der Waals surface area contributed by atoms with Crippen molar-refractivity contribution in [2.45, 2.75) is 27.2 Å². The van der Waals surface area contributed by atoms with Crippen molar-refractivity contribution >= 4 is 16.9 Å². The van der Waals surface area contributed by atoms with Crippen molar-refractivity contribution in [2.24, 2.45) is 0 Å². The van der Waals surface area contributed by atoms with E-state index in [0.29, 0.717) is 22.7 Å². The highest BCUT2D eigenvalue weighted by molar-refractivity contribution is 5.86. The molecule has 2 aromatic heterocycles. The van der Waals surface area contributed by atoms with Crippen LogP contribution in [0.5, 0.6) is 0 Å². The van der Waals surface area contributed by atoms with Crippen molar-refractivity contribution in [3.8, 4) is 0 Å². The second-order valence-corrected chi connectivity index (χ2v) is 3.50. The third-order valence-electron chi connectivity index (χ3n) is 2.17. The van der Waals surface area contributed by atoms with Crippen LogP contribution in [-0.4, -0.2) is 40.2 Å². The quantitative estimate of drug-likeness (QED) is 0.917. The summed E-state index contributed by atoms with van der Waals surface area (Å²) in [7, 11) is 1.57. The summed E-state index contributed by atoms with van der Waals surface area (Å²) in [5, 5.41) is 7.16. The zero-order valence-corrected chi connectivity index (χ0v) is 10.9. The number of hydrogen-bond acceptors (Lipinski definition) is 4. The van der Waals surface area contributed by atoms with Gasteiger partial charge in [-0.25, -0.2) is 18.7 Å². The average molecular weight is 257 g/mol. The number of hydrogen-bond donors (Lipinski definition) is 1. The van der Waals surface area contributed by atoms with Gasteiger partial charge in [0.1, 0.15) is 11.6 Å². The maximum absolute atomic E-state index is 12.3. The van der Waals surface area contributed by atoms with Gasteiger partial charge in [0.2, 0.25) is 0 Å². The van der Waals surface area contributed by atoms with Crippen LogP contribution in [0.2, 0.25) is 0 Å². The zero-order chi connectivity index (χ0) is 13.7. The number of nitrogens with one attached hydrogen (secondary N) is 1. The van der Waals surface area contributed by atoms with E-state index in [0.717, 1.165) is 0 Å². The van der Waals surface area contributed by atoms with Gasteiger partial charge in [-0.1, -0.05) is 13.8 Å². The largest absolute Gasteiger partial charge is 0.353 e. The van der Waals surface area contributed by atoms with Crippen molar-refractivity contribution in [1.82, 2.24) is 20.2 Å². The number of alkyl halides is 2. The predicted octanol–water partition coefficient (Wildman–Crippen LogP) is 2.39. The van der Waals surface area contributed by atoms with Gasteiger partial charge in [0.05, 0.1) is 18.1 Å². The Morgan fingerprint density at radius 2 is 2.00 bits per heavy atom. The molecule has 7 heteroatoms. The third kappa shape index (κ3) is 3.12. The van der Waals surface area contributed by atoms with Gasteiger partial charge in [-0.3, -0.25) is 5.10 Å². The summed E-state index contributed by atoms with van der Waals surface area (Å²) in [6.45, 7) is 5.34. The maximum Gasteiger partial charge on any atom is 0.255 e. The summed E-state index contributed by atoms with van der Waals surface area (Å²) in [6, 6.07) is 0. The smallest absolute Gasteiger partial charge is 0.255 e. The van der Waals surface area contributed by atoms with Gasteiger partial charge in [0.25, 0.3) is 6.43 Å². The summed E-state index contributed by atoms with van der Waals surface area (Å²) in [5.74, 6) is 0.990. The predicted molar refractivity (Wildman–Crippen MR) is 67.0 cm³/mol. The highest BCUT2D eigenvalue weighted by Crippen LogP contribution is 2.21. The molecule has 2 aromatic rings. The lowest BCUT2D eigenvalue weighted by Crippen LogP contribution is -2.25. The molecule has 0 aliphatic rings. The molecule has 0 aliphatic heterocycles. The van der Waals surface area contributed by atoms with Crippen LogP contribution < -0.4 is 4.90 Å². The van der Waals surface area contributed by atoms with Gasteiger partial charge < -0.3 is 4.90 Å². The molecule has 0 saturated carbocycles. The number of fused-ring (bicyclic) bond motifs is 1. The summed E-state index contributed by atoms with van der Waals surface area (Å²) < 4.78 is 24.6. The summed E-state index contributed by atoms with van der Waals surface area (Å²) in [6.07, 6.45) is -0.867. The number of rotatable bonds is 3. The first-order valence-electron chi connectivity index (χ1n) is 5.75. The van der Waals surface area contributed by atoms with Crippen LogP contribution in [-0.2, 0) is 0 Å². The minimum Gasteiger partial charge on any atom is -0.353 e. The molecular weight excluding hydrogens is 240 g/mol. The Morgan fingerprint density at radius 3 is 2.61 bits per heavy atom. The normalized spacial score (nSPS) is 10.4. The molecule has 0 radical (unpaired) electrons. The Hall–Kier alpha value is -1.79. The van der Waals surface area contributed by atoms with Gasteiger partial charge >= 0.3 is 0 Å². The molecule has 2 heterocycles. The molecule has 0 spiro atoms. The Bertz CT molecular complexity index is 497. The van der Waals surface area contributed by atoms with Crippen molar-refractivity contribution in [3.05, 3.63) is 12.0 Å². The maximum atomic E-state index is 12.3. The number of aromatic nitrogens is 4. The lowest BCUT2D eigenvalue weighted by molar-refractivity contribution is 0.156. The lowest BCUT2D eigenvalue weighted by atomic mass is 10.3. The standard InChI is InChI=1S/C9H11F2N5.C2H6/c1-5-13-8-6(3-12-15-8)9(14-5)16(2)4-7(10)11;1-2/h3,7H,4H2,1-2H3,(H,12,13,14,15);1-2H3. The molecule has 5 nitrogen and oxygen atoms in total. The second-order valence-electron chi connectivity index (χ2n) is 3.50. The van der Waals surface area contributed by atoms with Gasteiger partial charge in [0.15, 0.2) is 5.65 Å². The number of aromatic amines is 1. The number of nitrogens with zero attached hydrogens (tertiary/aromatic N) is 4. The average Bonchev–Trinajstić information content (AvgIpc) is 2.77. The molecular formula is C11H17F2N5. The van der Waals surface area contributed by atoms with Crippen molar-refractivity contribution in [3.63, 3.8) is 0 Å². The molecule has 1 N–H and O–H groups in total. The highest BCUT2D eigenvalue weighted by atomic mass is 19.3. The van der Waals surface area contributed by atoms with Crippen LogP contribution in [0.3, 0.4) is 0 Å². The van der Waals surface area contributed by atoms with E-state index < -0.39 is 6.43 Å². The monoisotopic (exact) mass is 257 g/mol. The Balaban J connectivity index is 0.000000771. The molecule has 0 fully saturated rings. The van der Waals surface area contributed by atoms with Crippen molar-refractivity contribution in [1.29, 1.82) is 0 Å². The van der Waals surface area contributed by atoms with E-state index in [-0.39, 0.29) is 6.54 Å². The number of H-pyrrole nitrogens is 1. The van der Waals surface area contributed by atoms with Crippen LogP contribution in [0.15, 0.2) is 6.20 Å². The van der Waals surface area contributed by atoms with E-state index in [4.69, 9.17) is 0 Å². The minimum atomic E-state index is -2.40. The third-order valence-corrected chi connectivity index (χ3v) is 2.17. The SMILES string of the molecule is CC.Cc1nc(N(C)CC(F)F)c2cn[nH]c2n1. The highest BCUT2D eigenvalue weighted by Gasteiger charge is 2.14. The van der Waals surface area contributed by atoms with Gasteiger partial charge in [-0.2, -0.15) is 5.10 Å². The molecule has 0 bridgehead atoms. The second kappa shape index (κ2) is 6.23. The summed E-state index contributed by atoms with van der Waals surface area (Å²) in [4.78, 5) is 9.66. The molecule has 0 aliphatic carbocycles. The number of anilines is 1. The van der Waals surface area contributed by atoms with Gasteiger partial charge in [-0.15, -0.1) is 0 Å². The fraction of sp³-hybridized carbons (Fsp3) is 0.545. The number of aryl methyl sites for hydroxylation is 1. The van der Waals surface area contributed by atoms with Gasteiger partial charge in [0, 0.05) is 7.05 Å². The van der Waals surface area contributed by atoms with E-state index >= 15 is 0 Å². The molecule has 0 unspecified atom stereocenters. The molecule has 0 amide bonds.